The van der Waals surface area contributed by atoms with E-state index in [1.165, 1.54) is 24.8 Å². The minimum absolute atomic E-state index is 0.349. The Balaban J connectivity index is 1.62. The van der Waals surface area contributed by atoms with Gasteiger partial charge in [0.15, 0.2) is 0 Å². The fourth-order valence-electron chi connectivity index (χ4n) is 4.81. The van der Waals surface area contributed by atoms with Gasteiger partial charge in [0.05, 0.1) is 5.41 Å². The Morgan fingerprint density at radius 2 is 1.68 bits per heavy atom. The lowest BCUT2D eigenvalue weighted by atomic mass is 9.73. The van der Waals surface area contributed by atoms with Crippen LogP contribution in [0.2, 0.25) is 0 Å². The van der Waals surface area contributed by atoms with Crippen LogP contribution in [0.3, 0.4) is 0 Å². The second kappa shape index (κ2) is 5.69. The van der Waals surface area contributed by atoms with E-state index in [1.54, 1.807) is 0 Å². The van der Waals surface area contributed by atoms with Gasteiger partial charge < -0.3 is 9.64 Å². The third-order valence-corrected chi connectivity index (χ3v) is 6.10. The number of rotatable bonds is 2. The third-order valence-electron chi connectivity index (χ3n) is 6.10. The van der Waals surface area contributed by atoms with Gasteiger partial charge in [-0.1, -0.05) is 36.8 Å². The molecule has 0 bridgehead atoms. The number of benzene rings is 1. The molecule has 3 heteroatoms. The van der Waals surface area contributed by atoms with E-state index in [-0.39, 0.29) is 5.41 Å². The van der Waals surface area contributed by atoms with Crippen molar-refractivity contribution in [3.05, 3.63) is 35.9 Å². The van der Waals surface area contributed by atoms with Crippen LogP contribution in [-0.4, -0.2) is 37.1 Å². The summed E-state index contributed by atoms with van der Waals surface area (Å²) < 4.78 is 5.56. The highest BCUT2D eigenvalue weighted by molar-refractivity contribution is 5.88. The SMILES string of the molecule is O=C(N1CC2CCCC2C1)C1(c2ccccc2)CCOCC1. The number of amides is 1. The number of hydrogen-bond donors (Lipinski definition) is 0. The monoisotopic (exact) mass is 299 g/mol. The summed E-state index contributed by atoms with van der Waals surface area (Å²) in [5.74, 6) is 1.88. The Morgan fingerprint density at radius 1 is 1.05 bits per heavy atom. The average Bonchev–Trinajstić information content (AvgIpc) is 3.17. The van der Waals surface area contributed by atoms with Crippen LogP contribution < -0.4 is 0 Å². The molecule has 1 aromatic carbocycles. The highest BCUT2D eigenvalue weighted by Gasteiger charge is 2.47. The van der Waals surface area contributed by atoms with Crippen LogP contribution in [-0.2, 0) is 14.9 Å². The van der Waals surface area contributed by atoms with Crippen molar-refractivity contribution in [2.75, 3.05) is 26.3 Å². The van der Waals surface area contributed by atoms with Crippen molar-refractivity contribution in [2.24, 2.45) is 11.8 Å². The molecule has 1 amide bonds. The summed E-state index contributed by atoms with van der Waals surface area (Å²) in [6.07, 6.45) is 5.63. The molecule has 0 radical (unpaired) electrons. The first-order chi connectivity index (χ1) is 10.8. The second-order valence-electron chi connectivity index (χ2n) is 7.22. The topological polar surface area (TPSA) is 29.5 Å². The maximum atomic E-state index is 13.4. The molecule has 0 aromatic heterocycles. The van der Waals surface area contributed by atoms with Gasteiger partial charge in [0.2, 0.25) is 5.91 Å². The smallest absolute Gasteiger partial charge is 0.233 e. The third kappa shape index (κ3) is 2.26. The van der Waals surface area contributed by atoms with Crippen LogP contribution in [0.25, 0.3) is 0 Å². The quantitative estimate of drug-likeness (QED) is 0.840. The van der Waals surface area contributed by atoms with Crippen LogP contribution in [0.4, 0.5) is 0 Å². The number of hydrogen-bond acceptors (Lipinski definition) is 2. The fraction of sp³-hybridized carbons (Fsp3) is 0.632. The molecule has 2 heterocycles. The summed E-state index contributed by atoms with van der Waals surface area (Å²) in [6.45, 7) is 3.36. The zero-order valence-corrected chi connectivity index (χ0v) is 13.2. The van der Waals surface area contributed by atoms with Crippen molar-refractivity contribution in [2.45, 2.75) is 37.5 Å². The van der Waals surface area contributed by atoms with E-state index in [1.807, 2.05) is 6.07 Å². The molecule has 0 N–H and O–H groups in total. The lowest BCUT2D eigenvalue weighted by molar-refractivity contribution is -0.140. The average molecular weight is 299 g/mol. The summed E-state index contributed by atoms with van der Waals surface area (Å²) in [7, 11) is 0. The van der Waals surface area contributed by atoms with Gasteiger partial charge in [0.1, 0.15) is 0 Å². The molecule has 3 nitrogen and oxygen atoms in total. The molecule has 0 spiro atoms. The van der Waals surface area contributed by atoms with Gasteiger partial charge in [0, 0.05) is 26.3 Å². The van der Waals surface area contributed by atoms with E-state index in [4.69, 9.17) is 4.74 Å². The summed E-state index contributed by atoms with van der Waals surface area (Å²) in [5.41, 5.74) is 0.832. The van der Waals surface area contributed by atoms with Gasteiger partial charge in [-0.2, -0.15) is 0 Å². The van der Waals surface area contributed by atoms with Crippen molar-refractivity contribution in [3.8, 4) is 0 Å². The number of carbonyl (C=O) groups is 1. The molecule has 1 saturated carbocycles. The number of nitrogens with zero attached hydrogens (tertiary/aromatic N) is 1. The molecule has 2 saturated heterocycles. The summed E-state index contributed by atoms with van der Waals surface area (Å²) >= 11 is 0. The Morgan fingerprint density at radius 3 is 2.32 bits per heavy atom. The molecule has 3 fully saturated rings. The minimum atomic E-state index is -0.349. The normalized spacial score (nSPS) is 30.3. The number of likely N-dealkylation sites (tertiary alicyclic amines) is 1. The molecule has 2 atom stereocenters. The molecule has 1 aliphatic carbocycles. The van der Waals surface area contributed by atoms with Crippen LogP contribution in [0.5, 0.6) is 0 Å². The molecule has 2 unspecified atom stereocenters. The van der Waals surface area contributed by atoms with E-state index in [0.29, 0.717) is 19.1 Å². The van der Waals surface area contributed by atoms with Crippen LogP contribution in [0.15, 0.2) is 30.3 Å². The van der Waals surface area contributed by atoms with Crippen LogP contribution in [0.1, 0.15) is 37.7 Å². The summed E-state index contributed by atoms with van der Waals surface area (Å²) in [4.78, 5) is 15.6. The van der Waals surface area contributed by atoms with Gasteiger partial charge in [-0.15, -0.1) is 0 Å². The van der Waals surface area contributed by atoms with Crippen molar-refractivity contribution in [1.29, 1.82) is 0 Å². The molecule has 3 aliphatic rings. The molecule has 4 rings (SSSR count). The Labute approximate surface area is 132 Å². The first-order valence-corrected chi connectivity index (χ1v) is 8.72. The second-order valence-corrected chi connectivity index (χ2v) is 7.22. The first kappa shape index (κ1) is 14.3. The van der Waals surface area contributed by atoms with Gasteiger partial charge in [-0.25, -0.2) is 0 Å². The maximum Gasteiger partial charge on any atom is 0.233 e. The molecule has 22 heavy (non-hydrogen) atoms. The van der Waals surface area contributed by atoms with Crippen LogP contribution in [0, 0.1) is 11.8 Å². The van der Waals surface area contributed by atoms with Crippen LogP contribution >= 0.6 is 0 Å². The Bertz CT molecular complexity index is 524. The Kier molecular flexibility index (Phi) is 3.69. The van der Waals surface area contributed by atoms with Gasteiger partial charge >= 0.3 is 0 Å². The predicted octanol–water partition coefficient (Wildman–Crippen LogP) is 2.99. The van der Waals surface area contributed by atoms with Crippen molar-refractivity contribution >= 4 is 5.91 Å². The van der Waals surface area contributed by atoms with E-state index in [2.05, 4.69) is 29.2 Å². The van der Waals surface area contributed by atoms with Crippen molar-refractivity contribution < 1.29 is 9.53 Å². The van der Waals surface area contributed by atoms with Gasteiger partial charge in [-0.05, 0) is 43.1 Å². The molecule has 2 aliphatic heterocycles. The molecule has 1 aromatic rings. The highest BCUT2D eigenvalue weighted by atomic mass is 16.5. The molecule has 118 valence electrons. The Hall–Kier alpha value is -1.35. The fourth-order valence-corrected chi connectivity index (χ4v) is 4.81. The van der Waals surface area contributed by atoms with E-state index < -0.39 is 0 Å². The number of ether oxygens (including phenoxy) is 1. The van der Waals surface area contributed by atoms with Gasteiger partial charge in [-0.3, -0.25) is 4.79 Å². The van der Waals surface area contributed by atoms with Crippen molar-refractivity contribution in [3.63, 3.8) is 0 Å². The highest BCUT2D eigenvalue weighted by Crippen LogP contribution is 2.42. The summed E-state index contributed by atoms with van der Waals surface area (Å²) in [6, 6.07) is 10.4. The first-order valence-electron chi connectivity index (χ1n) is 8.72. The summed E-state index contributed by atoms with van der Waals surface area (Å²) in [5, 5.41) is 0. The predicted molar refractivity (Wildman–Crippen MR) is 85.6 cm³/mol. The maximum absolute atomic E-state index is 13.4. The standard InChI is InChI=1S/C19H25NO2/c21-18(20-13-15-5-4-6-16(15)14-20)19(9-11-22-12-10-19)17-7-2-1-3-8-17/h1-3,7-8,15-16H,4-6,9-14H2. The van der Waals surface area contributed by atoms with E-state index >= 15 is 0 Å². The molecular formula is C19H25NO2. The minimum Gasteiger partial charge on any atom is -0.381 e. The zero-order valence-electron chi connectivity index (χ0n) is 13.2. The lowest BCUT2D eigenvalue weighted by Crippen LogP contribution is -2.49. The van der Waals surface area contributed by atoms with E-state index in [9.17, 15) is 4.79 Å². The zero-order chi connectivity index (χ0) is 15.0. The van der Waals surface area contributed by atoms with E-state index in [0.717, 1.165) is 37.8 Å². The molecular weight excluding hydrogens is 274 g/mol. The largest absolute Gasteiger partial charge is 0.381 e. The number of fused-ring (bicyclic) bond motifs is 1. The number of carbonyl (C=O) groups excluding carboxylic acids is 1. The van der Waals surface area contributed by atoms with Gasteiger partial charge in [0.25, 0.3) is 0 Å². The lowest BCUT2D eigenvalue weighted by Gasteiger charge is -2.39. The van der Waals surface area contributed by atoms with Crippen molar-refractivity contribution in [1.82, 2.24) is 4.90 Å².